The third-order valence-electron chi connectivity index (χ3n) is 5.82. The maximum Gasteiger partial charge on any atom is 0.281 e. The Bertz CT molecular complexity index is 1720. The van der Waals surface area contributed by atoms with E-state index in [0.29, 0.717) is 22.0 Å². The number of alkyl halides is 2. The number of rotatable bonds is 5. The third-order valence-corrected chi connectivity index (χ3v) is 6.09. The molecule has 3 aromatic heterocycles. The monoisotopic (exact) mass is 506 g/mol. The number of hydrogen-bond acceptors (Lipinski definition) is 6. The Hall–Kier alpha value is -4.71. The van der Waals surface area contributed by atoms with Crippen molar-refractivity contribution in [1.29, 1.82) is 0 Å². The molecule has 6 rings (SSSR count). The molecule has 10 nitrogen and oxygen atoms in total. The van der Waals surface area contributed by atoms with E-state index in [0.717, 1.165) is 4.68 Å². The molecule has 0 bridgehead atoms. The first-order chi connectivity index (χ1) is 17.3. The van der Waals surface area contributed by atoms with Gasteiger partial charge in [0.25, 0.3) is 18.2 Å². The Morgan fingerprint density at radius 1 is 1.14 bits per heavy atom. The number of carbonyl (C=O) groups is 2. The summed E-state index contributed by atoms with van der Waals surface area (Å²) in [6, 6.07) is 9.51. The van der Waals surface area contributed by atoms with Crippen molar-refractivity contribution in [3.63, 3.8) is 0 Å². The molecule has 0 saturated heterocycles. The van der Waals surface area contributed by atoms with Gasteiger partial charge in [0.2, 0.25) is 0 Å². The molecule has 0 unspecified atom stereocenters. The molecule has 178 valence electrons. The summed E-state index contributed by atoms with van der Waals surface area (Å²) >= 11 is 6.36. The van der Waals surface area contributed by atoms with Gasteiger partial charge in [-0.05, 0) is 24.3 Å². The van der Waals surface area contributed by atoms with Gasteiger partial charge < -0.3 is 11.1 Å². The Labute approximate surface area is 205 Å². The number of primary amides is 1. The molecule has 1 aliphatic heterocycles. The lowest BCUT2D eigenvalue weighted by Gasteiger charge is -2.11. The van der Waals surface area contributed by atoms with Crippen molar-refractivity contribution in [2.45, 2.75) is 6.43 Å². The van der Waals surface area contributed by atoms with Crippen molar-refractivity contribution >= 4 is 39.9 Å². The van der Waals surface area contributed by atoms with E-state index in [1.54, 1.807) is 24.3 Å². The molecule has 0 spiro atoms. The number of nitrogens with two attached hydrogens (primary N) is 1. The lowest BCUT2D eigenvalue weighted by Crippen LogP contribution is -2.15. The molecule has 4 heterocycles. The van der Waals surface area contributed by atoms with Gasteiger partial charge in [-0.2, -0.15) is 15.3 Å². The first-order valence-electron chi connectivity index (χ1n) is 10.5. The van der Waals surface area contributed by atoms with Crippen LogP contribution in [-0.4, -0.2) is 41.6 Å². The summed E-state index contributed by atoms with van der Waals surface area (Å²) in [5, 5.41) is 16.2. The van der Waals surface area contributed by atoms with Crippen LogP contribution in [-0.2, 0) is 0 Å². The zero-order chi connectivity index (χ0) is 25.1. The average Bonchev–Trinajstić information content (AvgIpc) is 3.58. The lowest BCUT2D eigenvalue weighted by atomic mass is 10.0. The molecule has 0 fully saturated rings. The Kier molecular flexibility index (Phi) is 4.79. The molecule has 13 heteroatoms. The fourth-order valence-corrected chi connectivity index (χ4v) is 4.59. The van der Waals surface area contributed by atoms with Gasteiger partial charge >= 0.3 is 0 Å². The molecule has 0 saturated carbocycles. The average molecular weight is 507 g/mol. The van der Waals surface area contributed by atoms with Crippen LogP contribution in [0.3, 0.4) is 0 Å². The van der Waals surface area contributed by atoms with Gasteiger partial charge in [0.15, 0.2) is 5.82 Å². The van der Waals surface area contributed by atoms with E-state index >= 15 is 0 Å². The van der Waals surface area contributed by atoms with Crippen molar-refractivity contribution < 1.29 is 18.4 Å². The Morgan fingerprint density at radius 2 is 1.92 bits per heavy atom. The molecule has 0 aliphatic carbocycles. The Morgan fingerprint density at radius 3 is 2.61 bits per heavy atom. The molecule has 5 aromatic rings. The van der Waals surface area contributed by atoms with Crippen LogP contribution in [0.2, 0.25) is 5.02 Å². The number of nitrogens with zero attached hydrogens (tertiary/aromatic N) is 6. The first-order valence-corrected chi connectivity index (χ1v) is 10.8. The fourth-order valence-electron chi connectivity index (χ4n) is 4.35. The summed E-state index contributed by atoms with van der Waals surface area (Å²) < 4.78 is 29.8. The normalized spacial score (nSPS) is 12.5. The second-order valence-corrected chi connectivity index (χ2v) is 8.26. The number of pyridine rings is 1. The maximum absolute atomic E-state index is 14.4. The quantitative estimate of drug-likeness (QED) is 0.371. The van der Waals surface area contributed by atoms with Crippen molar-refractivity contribution in [1.82, 2.24) is 29.8 Å². The molecule has 2 amide bonds. The summed E-state index contributed by atoms with van der Waals surface area (Å²) in [6.07, 6.45) is 1.09. The van der Waals surface area contributed by atoms with Crippen molar-refractivity contribution in [3.05, 3.63) is 76.8 Å². The summed E-state index contributed by atoms with van der Waals surface area (Å²) in [4.78, 5) is 30.1. The summed E-state index contributed by atoms with van der Waals surface area (Å²) in [5.41, 5.74) is 5.67. The minimum absolute atomic E-state index is 0.0993. The highest BCUT2D eigenvalue weighted by molar-refractivity contribution is 6.32. The minimum atomic E-state index is -3.10. The van der Waals surface area contributed by atoms with Gasteiger partial charge in [0.05, 0.1) is 28.7 Å². The summed E-state index contributed by atoms with van der Waals surface area (Å²) in [6.45, 7) is 0. The lowest BCUT2D eigenvalue weighted by molar-refractivity contribution is 0.0983. The largest absolute Gasteiger partial charge is 0.365 e. The number of hydrogen-bond donors (Lipinski definition) is 2. The van der Waals surface area contributed by atoms with Crippen LogP contribution in [0.25, 0.3) is 33.5 Å². The van der Waals surface area contributed by atoms with E-state index in [1.807, 2.05) is 0 Å². The first kappa shape index (κ1) is 21.8. The highest BCUT2D eigenvalue weighted by Crippen LogP contribution is 2.40. The maximum atomic E-state index is 14.4. The molecular weight excluding hydrogens is 494 g/mol. The van der Waals surface area contributed by atoms with E-state index in [2.05, 4.69) is 25.6 Å². The zero-order valence-electron chi connectivity index (χ0n) is 18.0. The van der Waals surface area contributed by atoms with Crippen molar-refractivity contribution in [2.24, 2.45) is 5.73 Å². The number of amides is 2. The number of aromatic nitrogens is 6. The highest BCUT2D eigenvalue weighted by Gasteiger charge is 2.32. The van der Waals surface area contributed by atoms with Gasteiger partial charge in [-0.1, -0.05) is 23.7 Å². The molecule has 2 aromatic carbocycles. The predicted molar refractivity (Wildman–Crippen MR) is 126 cm³/mol. The number of nitrogens with one attached hydrogen (secondary N) is 1. The van der Waals surface area contributed by atoms with Gasteiger partial charge in [-0.25, -0.2) is 18.4 Å². The molecule has 0 atom stereocenters. The van der Waals surface area contributed by atoms with Crippen LogP contribution >= 0.6 is 11.6 Å². The van der Waals surface area contributed by atoms with Crippen molar-refractivity contribution in [2.75, 3.05) is 5.32 Å². The van der Waals surface area contributed by atoms with Gasteiger partial charge in [0.1, 0.15) is 11.4 Å². The standard InChI is InChI=1S/C23H13ClF2N8O2/c24-13-8-10(9-28-22(13)34-29-6-7-30-34)18-17(21(27)35)19(20(25)26)33(32-18)15-5-4-14-16-11(15)2-1-3-12(16)23(36)31-14/h1-9,20H,(H2,27,35)(H,31,36). The fraction of sp³-hybridized carbons (Fsp3) is 0.0435. The molecular formula is C23H13ClF2N8O2. The van der Waals surface area contributed by atoms with E-state index < -0.39 is 23.6 Å². The van der Waals surface area contributed by atoms with Gasteiger partial charge in [-0.15, -0.1) is 4.80 Å². The summed E-state index contributed by atoms with van der Waals surface area (Å²) in [5.74, 6) is -1.19. The second-order valence-electron chi connectivity index (χ2n) is 7.85. The molecule has 3 N–H and O–H groups in total. The number of anilines is 1. The number of benzene rings is 2. The van der Waals surface area contributed by atoms with Gasteiger partial charge in [0, 0.05) is 33.8 Å². The van der Waals surface area contributed by atoms with E-state index in [9.17, 15) is 18.4 Å². The van der Waals surface area contributed by atoms with E-state index in [4.69, 9.17) is 17.3 Å². The molecule has 1 aliphatic rings. The summed E-state index contributed by atoms with van der Waals surface area (Å²) in [7, 11) is 0. The van der Waals surface area contributed by atoms with Gasteiger partial charge in [-0.3, -0.25) is 9.59 Å². The Balaban J connectivity index is 1.60. The van der Waals surface area contributed by atoms with Crippen LogP contribution in [0, 0.1) is 0 Å². The van der Waals surface area contributed by atoms with Crippen LogP contribution in [0.5, 0.6) is 0 Å². The smallest absolute Gasteiger partial charge is 0.281 e. The number of carbonyl (C=O) groups excluding carboxylic acids is 2. The zero-order valence-corrected chi connectivity index (χ0v) is 18.7. The van der Waals surface area contributed by atoms with Crippen LogP contribution in [0.15, 0.2) is 55.0 Å². The predicted octanol–water partition coefficient (Wildman–Crippen LogP) is 3.92. The van der Waals surface area contributed by atoms with E-state index in [1.165, 1.54) is 35.5 Å². The third kappa shape index (κ3) is 3.15. The topological polar surface area (TPSA) is 134 Å². The van der Waals surface area contributed by atoms with Crippen LogP contribution in [0.4, 0.5) is 14.5 Å². The van der Waals surface area contributed by atoms with Crippen LogP contribution in [0.1, 0.15) is 32.8 Å². The minimum Gasteiger partial charge on any atom is -0.365 e. The second kappa shape index (κ2) is 7.92. The van der Waals surface area contributed by atoms with Crippen LogP contribution < -0.4 is 11.1 Å². The molecule has 0 radical (unpaired) electrons. The SMILES string of the molecule is NC(=O)c1c(-c2cnc(-n3nccn3)c(Cl)c2)nn(-c2ccc3c4c(cccc24)C(=O)N3)c1C(F)F. The van der Waals surface area contributed by atoms with Crippen molar-refractivity contribution in [3.8, 4) is 22.8 Å². The highest BCUT2D eigenvalue weighted by atomic mass is 35.5. The number of halogens is 3. The molecule has 36 heavy (non-hydrogen) atoms. The van der Waals surface area contributed by atoms with E-state index in [-0.39, 0.29) is 33.7 Å².